The first-order valence-corrected chi connectivity index (χ1v) is 11.1. The van der Waals surface area contributed by atoms with Gasteiger partial charge in [0.2, 0.25) is 11.8 Å². The minimum atomic E-state index is -0.873. The second-order valence-electron chi connectivity index (χ2n) is 7.94. The van der Waals surface area contributed by atoms with E-state index in [-0.39, 0.29) is 18.4 Å². The van der Waals surface area contributed by atoms with E-state index in [0.29, 0.717) is 29.9 Å². The Bertz CT molecular complexity index is 1270. The molecule has 0 saturated heterocycles. The van der Waals surface area contributed by atoms with Crippen LogP contribution in [0.4, 0.5) is 5.69 Å². The van der Waals surface area contributed by atoms with Gasteiger partial charge in [0, 0.05) is 19.3 Å². The van der Waals surface area contributed by atoms with E-state index >= 15 is 0 Å². The third-order valence-corrected chi connectivity index (χ3v) is 5.48. The predicted octanol–water partition coefficient (Wildman–Crippen LogP) is 3.28. The van der Waals surface area contributed by atoms with E-state index in [1.165, 1.54) is 0 Å². The topological polar surface area (TPSA) is 89.4 Å². The minimum absolute atomic E-state index is 0.0663. The van der Waals surface area contributed by atoms with E-state index < -0.39 is 6.04 Å². The van der Waals surface area contributed by atoms with Crippen LogP contribution in [-0.4, -0.2) is 47.1 Å². The first kappa shape index (κ1) is 23.1. The van der Waals surface area contributed by atoms with Crippen molar-refractivity contribution in [2.75, 3.05) is 25.2 Å². The first-order valence-electron chi connectivity index (χ1n) is 11.1. The number of hydrogen-bond acceptors (Lipinski definition) is 5. The lowest BCUT2D eigenvalue weighted by Crippen LogP contribution is -2.46. The molecule has 3 aromatic carbocycles. The smallest absolute Gasteiger partial charge is 0.249 e. The summed E-state index contributed by atoms with van der Waals surface area (Å²) in [6, 6.07) is 23.4. The lowest BCUT2D eigenvalue weighted by Gasteiger charge is -2.31. The molecule has 0 radical (unpaired) electrons. The molecule has 8 nitrogen and oxygen atoms in total. The summed E-state index contributed by atoms with van der Waals surface area (Å²) in [5.74, 6) is -0.571. The fraction of sp³-hybridized carbons (Fsp3) is 0.231. The molecule has 34 heavy (non-hydrogen) atoms. The molecule has 1 aromatic heterocycles. The third-order valence-electron chi connectivity index (χ3n) is 5.48. The normalized spacial score (nSPS) is 11.8. The Labute approximate surface area is 198 Å². The van der Waals surface area contributed by atoms with Gasteiger partial charge in [0.05, 0.1) is 12.1 Å². The van der Waals surface area contributed by atoms with Gasteiger partial charge in [0.15, 0.2) is 0 Å². The Morgan fingerprint density at radius 3 is 2.56 bits per heavy atom. The second kappa shape index (κ2) is 10.7. The average Bonchev–Trinajstić information content (AvgIpc) is 3.25. The number of carbonyl (C=O) groups is 2. The number of hydrogen-bond donors (Lipinski definition) is 1. The van der Waals surface area contributed by atoms with Crippen molar-refractivity contribution in [3.8, 4) is 0 Å². The molecule has 0 bridgehead atoms. The molecule has 0 aliphatic heterocycles. The molecule has 1 atom stereocenters. The number of nitrogens with one attached hydrogen (secondary N) is 1. The summed E-state index contributed by atoms with van der Waals surface area (Å²) in [5, 5.41) is 11.2. The Morgan fingerprint density at radius 2 is 1.79 bits per heavy atom. The third kappa shape index (κ3) is 5.13. The van der Waals surface area contributed by atoms with Crippen molar-refractivity contribution in [2.45, 2.75) is 19.5 Å². The van der Waals surface area contributed by atoms with Crippen LogP contribution in [0.3, 0.4) is 0 Å². The highest BCUT2D eigenvalue weighted by atomic mass is 16.5. The van der Waals surface area contributed by atoms with Gasteiger partial charge in [-0.1, -0.05) is 59.8 Å². The van der Waals surface area contributed by atoms with E-state index in [1.54, 1.807) is 16.7 Å². The number of para-hydroxylation sites is 1. The quantitative estimate of drug-likeness (QED) is 0.390. The number of ether oxygens (including phenoxy) is 1. The van der Waals surface area contributed by atoms with Gasteiger partial charge in [-0.25, -0.2) is 4.68 Å². The van der Waals surface area contributed by atoms with E-state index in [4.69, 9.17) is 4.74 Å². The molecule has 2 amide bonds. The van der Waals surface area contributed by atoms with Crippen molar-refractivity contribution in [3.05, 3.63) is 90.0 Å². The van der Waals surface area contributed by atoms with Crippen LogP contribution in [0.15, 0.2) is 78.9 Å². The van der Waals surface area contributed by atoms with Crippen molar-refractivity contribution in [3.63, 3.8) is 0 Å². The zero-order valence-electron chi connectivity index (χ0n) is 19.2. The molecule has 0 aliphatic rings. The number of aromatic nitrogens is 3. The number of amides is 2. The summed E-state index contributed by atoms with van der Waals surface area (Å²) >= 11 is 0. The molecule has 0 fully saturated rings. The molecule has 8 heteroatoms. The molecule has 4 rings (SSSR count). The SMILES string of the molecule is COCCNC(=O)[C@@H](c1ccccc1)N(C(=O)Cn1nnc2ccccc21)c1cccc(C)c1. The molecule has 0 saturated carbocycles. The number of methoxy groups -OCH3 is 1. The molecule has 1 N–H and O–H groups in total. The number of carbonyl (C=O) groups excluding carboxylic acids is 2. The van der Waals surface area contributed by atoms with E-state index in [0.717, 1.165) is 11.1 Å². The highest BCUT2D eigenvalue weighted by Gasteiger charge is 2.33. The van der Waals surface area contributed by atoms with Crippen molar-refractivity contribution in [1.82, 2.24) is 20.3 Å². The summed E-state index contributed by atoms with van der Waals surface area (Å²) in [6.07, 6.45) is 0. The molecule has 4 aromatic rings. The summed E-state index contributed by atoms with van der Waals surface area (Å²) in [5.41, 5.74) is 3.77. The van der Waals surface area contributed by atoms with E-state index in [9.17, 15) is 9.59 Å². The number of benzene rings is 3. The first-order chi connectivity index (χ1) is 16.6. The number of nitrogens with zero attached hydrogens (tertiary/aromatic N) is 4. The summed E-state index contributed by atoms with van der Waals surface area (Å²) < 4.78 is 6.64. The van der Waals surface area contributed by atoms with Gasteiger partial charge in [-0.3, -0.25) is 14.5 Å². The number of fused-ring (bicyclic) bond motifs is 1. The molecular formula is C26H27N5O3. The highest BCUT2D eigenvalue weighted by molar-refractivity contribution is 6.01. The predicted molar refractivity (Wildman–Crippen MR) is 130 cm³/mol. The van der Waals surface area contributed by atoms with Gasteiger partial charge < -0.3 is 10.1 Å². The average molecular weight is 458 g/mol. The minimum Gasteiger partial charge on any atom is -0.383 e. The van der Waals surface area contributed by atoms with Crippen molar-refractivity contribution in [1.29, 1.82) is 0 Å². The lowest BCUT2D eigenvalue weighted by atomic mass is 10.0. The van der Waals surface area contributed by atoms with E-state index in [2.05, 4.69) is 15.6 Å². The zero-order chi connectivity index (χ0) is 23.9. The van der Waals surface area contributed by atoms with Crippen LogP contribution in [0.2, 0.25) is 0 Å². The van der Waals surface area contributed by atoms with Gasteiger partial charge in [-0.15, -0.1) is 5.10 Å². The van der Waals surface area contributed by atoms with Crippen LogP contribution in [0.25, 0.3) is 11.0 Å². The number of aryl methyl sites for hydroxylation is 1. The zero-order valence-corrected chi connectivity index (χ0v) is 19.2. The van der Waals surface area contributed by atoms with Crippen LogP contribution in [0, 0.1) is 6.92 Å². The van der Waals surface area contributed by atoms with Crippen LogP contribution in [0.5, 0.6) is 0 Å². The van der Waals surface area contributed by atoms with Crippen molar-refractivity contribution >= 4 is 28.5 Å². The van der Waals surface area contributed by atoms with Crippen molar-refractivity contribution < 1.29 is 14.3 Å². The Balaban J connectivity index is 1.76. The second-order valence-corrected chi connectivity index (χ2v) is 7.94. The summed E-state index contributed by atoms with van der Waals surface area (Å²) in [4.78, 5) is 28.8. The fourth-order valence-electron chi connectivity index (χ4n) is 3.88. The molecule has 174 valence electrons. The van der Waals surface area contributed by atoms with Gasteiger partial charge >= 0.3 is 0 Å². The largest absolute Gasteiger partial charge is 0.383 e. The molecule has 0 unspecified atom stereocenters. The molecule has 1 heterocycles. The van der Waals surface area contributed by atoms with E-state index in [1.807, 2.05) is 85.8 Å². The maximum Gasteiger partial charge on any atom is 0.249 e. The Kier molecular flexibility index (Phi) is 7.29. The van der Waals surface area contributed by atoms with Crippen molar-refractivity contribution in [2.24, 2.45) is 0 Å². The molecule has 0 spiro atoms. The van der Waals surface area contributed by atoms with Gasteiger partial charge in [-0.05, 0) is 42.3 Å². The monoisotopic (exact) mass is 457 g/mol. The van der Waals surface area contributed by atoms with Crippen LogP contribution in [0.1, 0.15) is 17.2 Å². The number of anilines is 1. The number of rotatable bonds is 9. The Morgan fingerprint density at radius 1 is 1.03 bits per heavy atom. The summed E-state index contributed by atoms with van der Waals surface area (Å²) in [6.45, 7) is 2.59. The Hall–Kier alpha value is -4.04. The highest BCUT2D eigenvalue weighted by Crippen LogP contribution is 2.29. The summed E-state index contributed by atoms with van der Waals surface area (Å²) in [7, 11) is 1.58. The van der Waals surface area contributed by atoms with Crippen LogP contribution < -0.4 is 10.2 Å². The maximum atomic E-state index is 13.8. The van der Waals surface area contributed by atoms with Gasteiger partial charge in [0.1, 0.15) is 18.1 Å². The fourth-order valence-corrected chi connectivity index (χ4v) is 3.88. The molecule has 0 aliphatic carbocycles. The van der Waals surface area contributed by atoms with Crippen LogP contribution in [-0.2, 0) is 20.9 Å². The maximum absolute atomic E-state index is 13.8. The van der Waals surface area contributed by atoms with Gasteiger partial charge in [-0.2, -0.15) is 0 Å². The lowest BCUT2D eigenvalue weighted by molar-refractivity contribution is -0.127. The molecular weight excluding hydrogens is 430 g/mol. The van der Waals surface area contributed by atoms with Crippen LogP contribution >= 0.6 is 0 Å². The van der Waals surface area contributed by atoms with Gasteiger partial charge in [0.25, 0.3) is 0 Å². The standard InChI is InChI=1S/C26H27N5O3/c1-19-9-8-12-21(17-19)31(24(32)18-30-23-14-7-6-13-22(23)28-29-30)25(20-10-4-3-5-11-20)26(33)27-15-16-34-2/h3-14,17,25H,15-16,18H2,1-2H3,(H,27,33)/t25-/m1/s1.